The number of carbonyl (C=O) groups is 2. The molecule has 0 aliphatic carbocycles. The van der Waals surface area contributed by atoms with E-state index in [1.807, 2.05) is 13.8 Å². The Morgan fingerprint density at radius 1 is 1.25 bits per heavy atom. The SMILES string of the molecule is CCOCC(C)NC(=O)c1c(C)ccc(C)c1C(=O)O. The topological polar surface area (TPSA) is 75.6 Å². The maximum absolute atomic E-state index is 12.3. The Kier molecular flexibility index (Phi) is 5.70. The summed E-state index contributed by atoms with van der Waals surface area (Å²) in [6.07, 6.45) is 0. The van der Waals surface area contributed by atoms with Crippen molar-refractivity contribution in [2.75, 3.05) is 13.2 Å². The molecule has 0 fully saturated rings. The minimum absolute atomic E-state index is 0.0612. The third-order valence-electron chi connectivity index (χ3n) is 3.01. The van der Waals surface area contributed by atoms with Gasteiger partial charge in [-0.15, -0.1) is 0 Å². The van der Waals surface area contributed by atoms with E-state index in [0.717, 1.165) is 0 Å². The van der Waals surface area contributed by atoms with Crippen LogP contribution in [0.1, 0.15) is 45.7 Å². The fourth-order valence-electron chi connectivity index (χ4n) is 2.01. The predicted molar refractivity (Wildman–Crippen MR) is 76.3 cm³/mol. The summed E-state index contributed by atoms with van der Waals surface area (Å²) < 4.78 is 5.23. The van der Waals surface area contributed by atoms with Gasteiger partial charge in [-0.3, -0.25) is 4.79 Å². The highest BCUT2D eigenvalue weighted by molar-refractivity contribution is 6.06. The molecule has 1 unspecified atom stereocenters. The van der Waals surface area contributed by atoms with Gasteiger partial charge in [0.05, 0.1) is 17.7 Å². The highest BCUT2D eigenvalue weighted by Gasteiger charge is 2.22. The van der Waals surface area contributed by atoms with Crippen molar-refractivity contribution in [1.29, 1.82) is 0 Å². The average Bonchev–Trinajstić information content (AvgIpc) is 2.38. The highest BCUT2D eigenvalue weighted by atomic mass is 16.5. The maximum atomic E-state index is 12.3. The number of aryl methyl sites for hydroxylation is 2. The van der Waals surface area contributed by atoms with Crippen molar-refractivity contribution in [2.45, 2.75) is 33.7 Å². The van der Waals surface area contributed by atoms with Gasteiger partial charge in [-0.2, -0.15) is 0 Å². The third kappa shape index (κ3) is 3.81. The van der Waals surface area contributed by atoms with Crippen LogP contribution in [0.15, 0.2) is 12.1 Å². The zero-order valence-corrected chi connectivity index (χ0v) is 12.3. The van der Waals surface area contributed by atoms with Crippen molar-refractivity contribution in [3.63, 3.8) is 0 Å². The molecule has 0 aliphatic rings. The molecule has 1 aromatic rings. The molecule has 20 heavy (non-hydrogen) atoms. The minimum atomic E-state index is -1.09. The van der Waals surface area contributed by atoms with E-state index in [0.29, 0.717) is 24.3 Å². The summed E-state index contributed by atoms with van der Waals surface area (Å²) in [5.74, 6) is -1.47. The van der Waals surface area contributed by atoms with E-state index in [-0.39, 0.29) is 23.1 Å². The molecule has 1 aromatic carbocycles. The predicted octanol–water partition coefficient (Wildman–Crippen LogP) is 2.16. The van der Waals surface area contributed by atoms with E-state index in [1.165, 1.54) is 0 Å². The molecule has 0 radical (unpaired) electrons. The zero-order valence-electron chi connectivity index (χ0n) is 12.3. The number of aromatic carboxylic acids is 1. The maximum Gasteiger partial charge on any atom is 0.336 e. The van der Waals surface area contributed by atoms with Crippen LogP contribution in [0.3, 0.4) is 0 Å². The molecule has 0 saturated carbocycles. The number of ether oxygens (including phenoxy) is 1. The lowest BCUT2D eigenvalue weighted by Crippen LogP contribution is -2.37. The van der Waals surface area contributed by atoms with Gasteiger partial charge in [0.2, 0.25) is 0 Å². The fourth-order valence-corrected chi connectivity index (χ4v) is 2.01. The molecule has 0 heterocycles. The van der Waals surface area contributed by atoms with Crippen molar-refractivity contribution >= 4 is 11.9 Å². The van der Waals surface area contributed by atoms with Crippen LogP contribution in [0.4, 0.5) is 0 Å². The van der Waals surface area contributed by atoms with Crippen LogP contribution < -0.4 is 5.32 Å². The number of benzene rings is 1. The van der Waals surface area contributed by atoms with Crippen LogP contribution in [0.25, 0.3) is 0 Å². The van der Waals surface area contributed by atoms with Crippen molar-refractivity contribution in [3.05, 3.63) is 34.4 Å². The summed E-state index contributed by atoms with van der Waals surface area (Å²) in [4.78, 5) is 23.6. The quantitative estimate of drug-likeness (QED) is 0.836. The molecule has 0 aromatic heterocycles. The first-order valence-electron chi connectivity index (χ1n) is 6.60. The van der Waals surface area contributed by atoms with Crippen molar-refractivity contribution < 1.29 is 19.4 Å². The second kappa shape index (κ2) is 7.05. The number of carboxylic acid groups (broad SMARTS) is 1. The summed E-state index contributed by atoms with van der Waals surface area (Å²) in [6.45, 7) is 8.08. The monoisotopic (exact) mass is 279 g/mol. The normalized spacial score (nSPS) is 12.0. The van der Waals surface area contributed by atoms with Gasteiger partial charge in [0.1, 0.15) is 0 Å². The molecule has 110 valence electrons. The van der Waals surface area contributed by atoms with Gasteiger partial charge in [-0.05, 0) is 38.8 Å². The van der Waals surface area contributed by atoms with E-state index in [2.05, 4.69) is 5.32 Å². The summed E-state index contributed by atoms with van der Waals surface area (Å²) >= 11 is 0. The van der Waals surface area contributed by atoms with Crippen molar-refractivity contribution in [3.8, 4) is 0 Å². The van der Waals surface area contributed by atoms with Gasteiger partial charge in [-0.25, -0.2) is 4.79 Å². The second-order valence-electron chi connectivity index (χ2n) is 4.79. The third-order valence-corrected chi connectivity index (χ3v) is 3.01. The molecule has 1 atom stereocenters. The van der Waals surface area contributed by atoms with Crippen molar-refractivity contribution in [2.24, 2.45) is 0 Å². The molecule has 5 nitrogen and oxygen atoms in total. The first kappa shape index (κ1) is 16.2. The number of hydrogen-bond donors (Lipinski definition) is 2. The molecular weight excluding hydrogens is 258 g/mol. The standard InChI is InChI=1S/C15H21NO4/c1-5-20-8-11(4)16-14(17)12-9(2)6-7-10(3)13(12)15(18)19/h6-7,11H,5,8H2,1-4H3,(H,16,17)(H,18,19). The van der Waals surface area contributed by atoms with Crippen LogP contribution in [0.5, 0.6) is 0 Å². The van der Waals surface area contributed by atoms with Crippen LogP contribution >= 0.6 is 0 Å². The first-order valence-corrected chi connectivity index (χ1v) is 6.60. The van der Waals surface area contributed by atoms with Gasteiger partial charge >= 0.3 is 5.97 Å². The number of nitrogens with one attached hydrogen (secondary N) is 1. The van der Waals surface area contributed by atoms with E-state index in [1.54, 1.807) is 26.0 Å². The Morgan fingerprint density at radius 3 is 2.30 bits per heavy atom. The van der Waals surface area contributed by atoms with E-state index >= 15 is 0 Å². The van der Waals surface area contributed by atoms with Crippen LogP contribution in [0.2, 0.25) is 0 Å². The van der Waals surface area contributed by atoms with Gasteiger partial charge in [0.25, 0.3) is 5.91 Å². The average molecular weight is 279 g/mol. The van der Waals surface area contributed by atoms with Gasteiger partial charge in [-0.1, -0.05) is 12.1 Å². The Hall–Kier alpha value is -1.88. The second-order valence-corrected chi connectivity index (χ2v) is 4.79. The Bertz CT molecular complexity index is 511. The number of rotatable bonds is 6. The fraction of sp³-hybridized carbons (Fsp3) is 0.467. The molecule has 0 spiro atoms. The Balaban J connectivity index is 3.03. The molecule has 0 bridgehead atoms. The summed E-state index contributed by atoms with van der Waals surface area (Å²) in [5, 5.41) is 12.1. The molecule has 0 aliphatic heterocycles. The van der Waals surface area contributed by atoms with E-state index in [9.17, 15) is 14.7 Å². The Labute approximate surface area is 118 Å². The Morgan fingerprint density at radius 2 is 1.80 bits per heavy atom. The van der Waals surface area contributed by atoms with E-state index < -0.39 is 5.97 Å². The lowest BCUT2D eigenvalue weighted by atomic mass is 9.96. The van der Waals surface area contributed by atoms with Gasteiger partial charge < -0.3 is 15.2 Å². The first-order chi connectivity index (χ1) is 9.38. The largest absolute Gasteiger partial charge is 0.478 e. The molecular formula is C15H21NO4. The summed E-state index contributed by atoms with van der Waals surface area (Å²) in [6, 6.07) is 3.28. The number of carbonyl (C=O) groups excluding carboxylic acids is 1. The van der Waals surface area contributed by atoms with Crippen LogP contribution in [-0.2, 0) is 4.74 Å². The lowest BCUT2D eigenvalue weighted by molar-refractivity contribution is 0.0688. The van der Waals surface area contributed by atoms with Crippen LogP contribution in [0, 0.1) is 13.8 Å². The van der Waals surface area contributed by atoms with Gasteiger partial charge in [0.15, 0.2) is 0 Å². The molecule has 1 amide bonds. The highest BCUT2D eigenvalue weighted by Crippen LogP contribution is 2.19. The number of amides is 1. The van der Waals surface area contributed by atoms with E-state index in [4.69, 9.17) is 4.74 Å². The van der Waals surface area contributed by atoms with Crippen molar-refractivity contribution in [1.82, 2.24) is 5.32 Å². The molecule has 1 rings (SSSR count). The molecule has 2 N–H and O–H groups in total. The lowest BCUT2D eigenvalue weighted by Gasteiger charge is -2.17. The smallest absolute Gasteiger partial charge is 0.336 e. The number of hydrogen-bond acceptors (Lipinski definition) is 3. The summed E-state index contributed by atoms with van der Waals surface area (Å²) in [5.41, 5.74) is 1.51. The zero-order chi connectivity index (χ0) is 15.3. The van der Waals surface area contributed by atoms with Gasteiger partial charge in [0, 0.05) is 12.6 Å². The molecule has 5 heteroatoms. The van der Waals surface area contributed by atoms with Crippen LogP contribution in [-0.4, -0.2) is 36.2 Å². The number of carboxylic acids is 1. The molecule has 0 saturated heterocycles. The summed E-state index contributed by atoms with van der Waals surface area (Å²) in [7, 11) is 0. The minimum Gasteiger partial charge on any atom is -0.478 e.